The van der Waals surface area contributed by atoms with Crippen LogP contribution in [0.15, 0.2) is 42.6 Å². The maximum atomic E-state index is 13.3. The maximum absolute atomic E-state index is 13.3. The minimum Gasteiger partial charge on any atom is -0.365 e. The Hall–Kier alpha value is -2.64. The Morgan fingerprint density at radius 3 is 2.72 bits per heavy atom. The first-order valence-corrected chi connectivity index (χ1v) is 9.49. The summed E-state index contributed by atoms with van der Waals surface area (Å²) in [7, 11) is 0. The fourth-order valence-corrected chi connectivity index (χ4v) is 4.16. The highest BCUT2D eigenvalue weighted by atomic mass is 19.3. The normalized spacial score (nSPS) is 22.0. The second-order valence-electron chi connectivity index (χ2n) is 7.88. The first-order valence-electron chi connectivity index (χ1n) is 9.49. The molecule has 2 aliphatic rings. The van der Waals surface area contributed by atoms with Gasteiger partial charge < -0.3 is 10.2 Å². The van der Waals surface area contributed by atoms with Crippen LogP contribution in [0, 0.1) is 5.92 Å². The third-order valence-corrected chi connectivity index (χ3v) is 5.55. The predicted octanol–water partition coefficient (Wildman–Crippen LogP) is 4.47. The minimum atomic E-state index is -2.75. The van der Waals surface area contributed by atoms with Crippen LogP contribution < -0.4 is 10.2 Å². The molecule has 8 heteroatoms. The summed E-state index contributed by atoms with van der Waals surface area (Å²) in [5, 5.41) is 3.46. The van der Waals surface area contributed by atoms with Crippen molar-refractivity contribution in [3.8, 4) is 0 Å². The molecule has 1 N–H and O–H groups in total. The molecule has 1 amide bonds. The molecule has 1 aromatic heterocycles. The monoisotopic (exact) mass is 407 g/mol. The van der Waals surface area contributed by atoms with E-state index in [-0.39, 0.29) is 23.0 Å². The largest absolute Gasteiger partial charge is 0.365 e. The number of rotatable bonds is 4. The lowest BCUT2D eigenvalue weighted by molar-refractivity contribution is -0.150. The lowest BCUT2D eigenvalue weighted by Crippen LogP contribution is -2.53. The fraction of sp³-hybridized carbons (Fsp3) is 0.429. The molecule has 1 aliphatic carbocycles. The highest BCUT2D eigenvalue weighted by molar-refractivity contribution is 5.94. The van der Waals surface area contributed by atoms with Crippen molar-refractivity contribution in [3.05, 3.63) is 48.2 Å². The number of hydrogen-bond donors (Lipinski definition) is 1. The van der Waals surface area contributed by atoms with Crippen LogP contribution >= 0.6 is 0 Å². The molecule has 4 nitrogen and oxygen atoms in total. The van der Waals surface area contributed by atoms with Crippen LogP contribution in [0.1, 0.15) is 31.3 Å². The van der Waals surface area contributed by atoms with Gasteiger partial charge in [-0.05, 0) is 30.7 Å². The van der Waals surface area contributed by atoms with E-state index in [1.807, 2.05) is 4.90 Å². The first kappa shape index (κ1) is 19.7. The van der Waals surface area contributed by atoms with E-state index < -0.39 is 31.1 Å². The van der Waals surface area contributed by atoms with E-state index in [2.05, 4.69) is 16.9 Å². The Morgan fingerprint density at radius 2 is 2.03 bits per heavy atom. The summed E-state index contributed by atoms with van der Waals surface area (Å²) < 4.78 is 52.8. The van der Waals surface area contributed by atoms with E-state index in [4.69, 9.17) is 0 Å². The molecule has 2 heterocycles. The van der Waals surface area contributed by atoms with Crippen LogP contribution in [-0.4, -0.2) is 35.9 Å². The number of nitrogens with zero attached hydrogens (tertiary/aromatic N) is 2. The van der Waals surface area contributed by atoms with Gasteiger partial charge in [-0.1, -0.05) is 12.2 Å². The van der Waals surface area contributed by atoms with Crippen molar-refractivity contribution in [2.45, 2.75) is 37.7 Å². The van der Waals surface area contributed by atoms with Gasteiger partial charge >= 0.3 is 0 Å². The predicted molar refractivity (Wildman–Crippen MR) is 102 cm³/mol. The van der Waals surface area contributed by atoms with Crippen molar-refractivity contribution in [1.82, 2.24) is 10.3 Å². The first-order chi connectivity index (χ1) is 13.7. The van der Waals surface area contributed by atoms with Gasteiger partial charge in [0.2, 0.25) is 11.8 Å². The zero-order valence-corrected chi connectivity index (χ0v) is 15.7. The van der Waals surface area contributed by atoms with Gasteiger partial charge in [-0.2, -0.15) is 0 Å². The van der Waals surface area contributed by atoms with Crippen molar-refractivity contribution >= 4 is 22.5 Å². The molecular weight excluding hydrogens is 386 g/mol. The summed E-state index contributed by atoms with van der Waals surface area (Å²) in [5.41, 5.74) is 1.72. The molecule has 4 rings (SSSR count). The summed E-state index contributed by atoms with van der Waals surface area (Å²) >= 11 is 0. The maximum Gasteiger partial charge on any atom is 0.265 e. The average Bonchev–Trinajstić information content (AvgIpc) is 2.64. The van der Waals surface area contributed by atoms with Crippen LogP contribution in [-0.2, 0) is 4.79 Å². The van der Waals surface area contributed by atoms with Crippen LogP contribution in [0.5, 0.6) is 0 Å². The quantitative estimate of drug-likeness (QED) is 0.601. The minimum absolute atomic E-state index is 0.129. The molecule has 0 spiro atoms. The SMILES string of the molecule is C=C1C[C@@H](NC(=O)C2CC(F)(F)C2)CN(c2ccc(C(F)F)c3ncccc23)C1. The van der Waals surface area contributed by atoms with Crippen molar-refractivity contribution in [1.29, 1.82) is 0 Å². The van der Waals surface area contributed by atoms with Crippen LogP contribution in [0.2, 0.25) is 0 Å². The van der Waals surface area contributed by atoms with Gasteiger partial charge in [0.05, 0.1) is 11.6 Å². The topological polar surface area (TPSA) is 45.2 Å². The highest BCUT2D eigenvalue weighted by Crippen LogP contribution is 2.42. The Morgan fingerprint density at radius 1 is 1.28 bits per heavy atom. The molecule has 0 unspecified atom stereocenters. The fourth-order valence-electron chi connectivity index (χ4n) is 4.16. The van der Waals surface area contributed by atoms with Crippen molar-refractivity contribution in [2.24, 2.45) is 5.92 Å². The summed E-state index contributed by atoms with van der Waals surface area (Å²) in [5.74, 6) is -3.78. The van der Waals surface area contributed by atoms with E-state index >= 15 is 0 Å². The summed E-state index contributed by atoms with van der Waals surface area (Å²) in [4.78, 5) is 18.4. The Labute approximate surface area is 165 Å². The average molecular weight is 407 g/mol. The molecular formula is C21H21F4N3O. The van der Waals surface area contributed by atoms with E-state index in [1.165, 1.54) is 12.3 Å². The van der Waals surface area contributed by atoms with Gasteiger partial charge in [0.15, 0.2) is 0 Å². The third kappa shape index (κ3) is 3.93. The number of carbonyl (C=O) groups excluding carboxylic acids is 1. The van der Waals surface area contributed by atoms with Crippen molar-refractivity contribution in [3.63, 3.8) is 0 Å². The molecule has 154 valence electrons. The van der Waals surface area contributed by atoms with E-state index in [1.54, 1.807) is 18.2 Å². The summed E-state index contributed by atoms with van der Waals surface area (Å²) in [6, 6.07) is 6.16. The number of pyridine rings is 1. The van der Waals surface area contributed by atoms with Crippen LogP contribution in [0.4, 0.5) is 23.2 Å². The molecule has 29 heavy (non-hydrogen) atoms. The second-order valence-corrected chi connectivity index (χ2v) is 7.88. The van der Waals surface area contributed by atoms with E-state index in [0.29, 0.717) is 24.9 Å². The number of anilines is 1. The number of benzene rings is 1. The number of nitrogens with one attached hydrogen (secondary N) is 1. The molecule has 1 atom stereocenters. The summed E-state index contributed by atoms with van der Waals surface area (Å²) in [6.45, 7) is 4.98. The number of amides is 1. The lowest BCUT2D eigenvalue weighted by atomic mass is 9.80. The summed E-state index contributed by atoms with van der Waals surface area (Å²) in [6.07, 6.45) is -1.44. The number of hydrogen-bond acceptors (Lipinski definition) is 3. The van der Waals surface area contributed by atoms with Crippen molar-refractivity contribution in [2.75, 3.05) is 18.0 Å². The number of halogens is 4. The van der Waals surface area contributed by atoms with Crippen molar-refractivity contribution < 1.29 is 22.4 Å². The van der Waals surface area contributed by atoms with Crippen LogP contribution in [0.25, 0.3) is 10.9 Å². The molecule has 2 fully saturated rings. The molecule has 1 saturated heterocycles. The van der Waals surface area contributed by atoms with E-state index in [0.717, 1.165) is 11.3 Å². The number of carbonyl (C=O) groups is 1. The van der Waals surface area contributed by atoms with Gasteiger partial charge in [0.25, 0.3) is 6.43 Å². The molecule has 1 saturated carbocycles. The Kier molecular flexibility index (Phi) is 4.96. The lowest BCUT2D eigenvalue weighted by Gasteiger charge is -2.39. The highest BCUT2D eigenvalue weighted by Gasteiger charge is 2.49. The van der Waals surface area contributed by atoms with Gasteiger partial charge in [-0.3, -0.25) is 9.78 Å². The van der Waals surface area contributed by atoms with Gasteiger partial charge in [0.1, 0.15) is 0 Å². The van der Waals surface area contributed by atoms with Gasteiger partial charge in [0, 0.05) is 54.7 Å². The molecule has 0 radical (unpaired) electrons. The number of alkyl halides is 4. The number of piperidine rings is 1. The van der Waals surface area contributed by atoms with Gasteiger partial charge in [-0.25, -0.2) is 17.6 Å². The molecule has 1 aromatic carbocycles. The zero-order chi connectivity index (χ0) is 20.8. The smallest absolute Gasteiger partial charge is 0.265 e. The van der Waals surface area contributed by atoms with Crippen LogP contribution in [0.3, 0.4) is 0 Å². The second kappa shape index (κ2) is 7.31. The van der Waals surface area contributed by atoms with Gasteiger partial charge in [-0.15, -0.1) is 0 Å². The molecule has 2 aromatic rings. The molecule has 1 aliphatic heterocycles. The van der Waals surface area contributed by atoms with E-state index in [9.17, 15) is 22.4 Å². The zero-order valence-electron chi connectivity index (χ0n) is 15.7. The third-order valence-electron chi connectivity index (χ3n) is 5.55. The Balaban J connectivity index is 1.55. The standard InChI is InChI=1S/C21H21F4N3O/c1-12-7-14(27-20(29)13-8-21(24,25)9-13)11-28(10-12)17-5-4-16(19(22)23)18-15(17)3-2-6-26-18/h2-6,13-14,19H,1,7-11H2,(H,27,29)/t14-/m1/s1. The number of fused-ring (bicyclic) bond motifs is 1. The number of aromatic nitrogens is 1. The molecule has 0 bridgehead atoms. The Bertz CT molecular complexity index is 954.